The summed E-state index contributed by atoms with van der Waals surface area (Å²) < 4.78 is 0. The minimum Gasteiger partial charge on any atom is -0.306 e. The van der Waals surface area contributed by atoms with Gasteiger partial charge in [-0.1, -0.05) is 52.4 Å². The first kappa shape index (κ1) is 13.0. The molecule has 1 unspecified atom stereocenters. The maximum atomic E-state index is 2.41. The fourth-order valence-corrected chi connectivity index (χ4v) is 2.78. The van der Waals surface area contributed by atoms with E-state index in [1.54, 1.807) is 0 Å². The first-order valence-corrected chi connectivity index (χ1v) is 6.94. The summed E-state index contributed by atoms with van der Waals surface area (Å²) in [7, 11) is 2.20. The molecule has 0 amide bonds. The molecule has 1 aliphatic carbocycles. The van der Waals surface area contributed by atoms with E-state index in [1.807, 2.05) is 0 Å². The first-order chi connectivity index (χ1) is 7.26. The van der Waals surface area contributed by atoms with Crippen LogP contribution in [0.1, 0.15) is 58.8 Å². The number of likely N-dealkylation sites (tertiary alicyclic amines) is 1. The highest BCUT2D eigenvalue weighted by molar-refractivity contribution is 4.70. The Morgan fingerprint density at radius 2 is 1.53 bits per heavy atom. The van der Waals surface area contributed by atoms with Crippen molar-refractivity contribution in [2.24, 2.45) is 11.8 Å². The smallest absolute Gasteiger partial charge is 0.000698 e. The average molecular weight is 211 g/mol. The van der Waals surface area contributed by atoms with Crippen molar-refractivity contribution in [2.75, 3.05) is 20.1 Å². The Morgan fingerprint density at radius 1 is 0.933 bits per heavy atom. The van der Waals surface area contributed by atoms with E-state index in [-0.39, 0.29) is 0 Å². The number of hydrogen-bond donors (Lipinski definition) is 0. The van der Waals surface area contributed by atoms with Crippen LogP contribution in [0.25, 0.3) is 0 Å². The van der Waals surface area contributed by atoms with E-state index in [4.69, 9.17) is 0 Å². The highest BCUT2D eigenvalue weighted by atomic mass is 15.1. The van der Waals surface area contributed by atoms with Gasteiger partial charge in [-0.3, -0.25) is 0 Å². The Kier molecular flexibility index (Phi) is 6.31. The molecule has 2 aliphatic rings. The van der Waals surface area contributed by atoms with Gasteiger partial charge in [-0.05, 0) is 31.8 Å². The van der Waals surface area contributed by atoms with Crippen molar-refractivity contribution in [3.8, 4) is 0 Å². The van der Waals surface area contributed by atoms with Crippen LogP contribution in [0.15, 0.2) is 0 Å². The molecule has 0 aromatic carbocycles. The molecule has 0 bridgehead atoms. The molecule has 0 N–H and O–H groups in total. The quantitative estimate of drug-likeness (QED) is 0.669. The van der Waals surface area contributed by atoms with E-state index in [2.05, 4.69) is 25.8 Å². The summed E-state index contributed by atoms with van der Waals surface area (Å²) in [5, 5.41) is 0. The Bertz CT molecular complexity index is 149. The van der Waals surface area contributed by atoms with Crippen molar-refractivity contribution < 1.29 is 0 Å². The Morgan fingerprint density at radius 3 is 1.80 bits per heavy atom. The van der Waals surface area contributed by atoms with Crippen LogP contribution in [0.3, 0.4) is 0 Å². The third-order valence-corrected chi connectivity index (χ3v) is 4.12. The summed E-state index contributed by atoms with van der Waals surface area (Å²) >= 11 is 0. The lowest BCUT2D eigenvalue weighted by molar-refractivity contribution is 0.392. The lowest BCUT2D eigenvalue weighted by Gasteiger charge is -2.05. The zero-order chi connectivity index (χ0) is 11.1. The van der Waals surface area contributed by atoms with Gasteiger partial charge in [-0.15, -0.1) is 0 Å². The molecule has 1 saturated carbocycles. The second kappa shape index (κ2) is 7.27. The highest BCUT2D eigenvalue weighted by Crippen LogP contribution is 2.26. The van der Waals surface area contributed by atoms with Gasteiger partial charge >= 0.3 is 0 Å². The second-order valence-corrected chi connectivity index (χ2v) is 5.38. The van der Waals surface area contributed by atoms with E-state index >= 15 is 0 Å². The van der Waals surface area contributed by atoms with Gasteiger partial charge in [0.15, 0.2) is 0 Å². The van der Waals surface area contributed by atoms with Gasteiger partial charge in [-0.2, -0.15) is 0 Å². The van der Waals surface area contributed by atoms with Crippen LogP contribution in [-0.2, 0) is 0 Å². The number of hydrogen-bond acceptors (Lipinski definition) is 1. The predicted octanol–water partition coefficient (Wildman–Crippen LogP) is 3.93. The Labute approximate surface area is 96.2 Å². The number of nitrogens with zero attached hydrogens (tertiary/aromatic N) is 1. The summed E-state index contributed by atoms with van der Waals surface area (Å²) in [6.07, 6.45) is 10.2. The molecule has 1 heteroatoms. The third kappa shape index (κ3) is 5.01. The van der Waals surface area contributed by atoms with Crippen molar-refractivity contribution in [3.05, 3.63) is 0 Å². The van der Waals surface area contributed by atoms with Crippen LogP contribution >= 0.6 is 0 Å². The van der Waals surface area contributed by atoms with E-state index in [1.165, 1.54) is 58.0 Å². The molecule has 0 aromatic heterocycles. The van der Waals surface area contributed by atoms with Crippen molar-refractivity contribution in [1.82, 2.24) is 4.90 Å². The summed E-state index contributed by atoms with van der Waals surface area (Å²) in [5.41, 5.74) is 0. The molecule has 15 heavy (non-hydrogen) atoms. The molecule has 90 valence electrons. The second-order valence-electron chi connectivity index (χ2n) is 5.38. The zero-order valence-corrected chi connectivity index (χ0v) is 11.0. The average Bonchev–Trinajstić information content (AvgIpc) is 2.88. The van der Waals surface area contributed by atoms with Crippen LogP contribution in [0.5, 0.6) is 0 Å². The van der Waals surface area contributed by atoms with Gasteiger partial charge in [0.1, 0.15) is 0 Å². The topological polar surface area (TPSA) is 3.24 Å². The summed E-state index contributed by atoms with van der Waals surface area (Å²) in [6.45, 7) is 7.23. The predicted molar refractivity (Wildman–Crippen MR) is 68.1 cm³/mol. The molecule has 0 aromatic rings. The van der Waals surface area contributed by atoms with Gasteiger partial charge in [0.05, 0.1) is 0 Å². The van der Waals surface area contributed by atoms with E-state index in [0.29, 0.717) is 0 Å². The van der Waals surface area contributed by atoms with Gasteiger partial charge in [-0.25, -0.2) is 0 Å². The van der Waals surface area contributed by atoms with Crippen molar-refractivity contribution >= 4 is 0 Å². The molecule has 1 nitrogen and oxygen atoms in total. The molecule has 2 rings (SSSR count). The minimum absolute atomic E-state index is 1.000. The minimum atomic E-state index is 1.000. The maximum Gasteiger partial charge on any atom is 0.000698 e. The summed E-state index contributed by atoms with van der Waals surface area (Å²) in [5.74, 6) is 2.10. The third-order valence-electron chi connectivity index (χ3n) is 4.12. The van der Waals surface area contributed by atoms with Crippen LogP contribution in [0.4, 0.5) is 0 Å². The fourth-order valence-electron chi connectivity index (χ4n) is 2.78. The highest BCUT2D eigenvalue weighted by Gasteiger charge is 2.16. The van der Waals surface area contributed by atoms with Crippen molar-refractivity contribution in [1.29, 1.82) is 0 Å². The zero-order valence-electron chi connectivity index (χ0n) is 11.0. The monoisotopic (exact) mass is 211 g/mol. The van der Waals surface area contributed by atoms with E-state index in [0.717, 1.165) is 11.8 Å². The summed E-state index contributed by atoms with van der Waals surface area (Å²) in [6, 6.07) is 0. The van der Waals surface area contributed by atoms with Gasteiger partial charge in [0.2, 0.25) is 0 Å². The molecule has 1 heterocycles. The van der Waals surface area contributed by atoms with Gasteiger partial charge in [0, 0.05) is 6.54 Å². The van der Waals surface area contributed by atoms with Crippen LogP contribution in [-0.4, -0.2) is 25.0 Å². The van der Waals surface area contributed by atoms with Gasteiger partial charge in [0.25, 0.3) is 0 Å². The normalized spacial score (nSPS) is 27.8. The molecule has 2 fully saturated rings. The lowest BCUT2D eigenvalue weighted by Crippen LogP contribution is -2.13. The molecule has 1 atom stereocenters. The molecule has 1 aliphatic heterocycles. The lowest BCUT2D eigenvalue weighted by atomic mass is 10.1. The molecule has 0 radical (unpaired) electrons. The maximum absolute atomic E-state index is 2.41. The van der Waals surface area contributed by atoms with Gasteiger partial charge < -0.3 is 4.90 Å². The molecular formula is C14H29N. The van der Waals surface area contributed by atoms with Crippen LogP contribution in [0.2, 0.25) is 0 Å². The van der Waals surface area contributed by atoms with E-state index in [9.17, 15) is 0 Å². The molecule has 0 spiro atoms. The van der Waals surface area contributed by atoms with Crippen LogP contribution in [0, 0.1) is 11.8 Å². The van der Waals surface area contributed by atoms with Crippen molar-refractivity contribution in [2.45, 2.75) is 58.8 Å². The Balaban J connectivity index is 0.000000151. The largest absolute Gasteiger partial charge is 0.306 e. The Hall–Kier alpha value is -0.0400. The molecular weight excluding hydrogens is 182 g/mol. The standard InChI is InChI=1S/C7H15N.C7H14/c1-3-7-4-5-8(2)6-7;1-2-7-5-3-4-6-7/h7H,3-6H2,1-2H3;7H,2-6H2,1H3. The van der Waals surface area contributed by atoms with Crippen molar-refractivity contribution in [3.63, 3.8) is 0 Å². The SMILES string of the molecule is CCC1CCCC1.CCC1CCN(C)C1. The van der Waals surface area contributed by atoms with Crippen LogP contribution < -0.4 is 0 Å². The first-order valence-electron chi connectivity index (χ1n) is 6.94. The number of rotatable bonds is 2. The molecule has 1 saturated heterocycles. The fraction of sp³-hybridized carbons (Fsp3) is 1.00. The summed E-state index contributed by atoms with van der Waals surface area (Å²) in [4.78, 5) is 2.41. The van der Waals surface area contributed by atoms with E-state index < -0.39 is 0 Å².